The molecule has 0 bridgehead atoms. The van der Waals surface area contributed by atoms with Gasteiger partial charge in [-0.25, -0.2) is 4.79 Å². The Balaban J connectivity index is 0.00000225. The standard InChI is InChI=1S/C18H12O6.Na/c1-23-13-7-6-12-8-14(18(22)24-15(12)9-13)16(19)10-2-4-11(5-3-10)17(20)21;/h2-9H,1H3,(H,20,21);/q;+1/p-1. The molecular weight excluding hydrogens is 335 g/mol. The summed E-state index contributed by atoms with van der Waals surface area (Å²) in [5.74, 6) is -1.36. The molecule has 7 heteroatoms. The number of methoxy groups -OCH3 is 1. The van der Waals surface area contributed by atoms with E-state index in [1.54, 1.807) is 18.2 Å². The van der Waals surface area contributed by atoms with Crippen LogP contribution in [-0.4, -0.2) is 18.9 Å². The second-order valence-corrected chi connectivity index (χ2v) is 5.05. The minimum Gasteiger partial charge on any atom is -0.545 e. The van der Waals surface area contributed by atoms with Gasteiger partial charge in [0.2, 0.25) is 0 Å². The molecule has 0 aliphatic heterocycles. The SMILES string of the molecule is COc1ccc2cc(C(=O)c3ccc(C(=O)[O-])cc3)c(=O)oc2c1.[Na+]. The zero-order chi connectivity index (χ0) is 17.3. The van der Waals surface area contributed by atoms with Crippen LogP contribution >= 0.6 is 0 Å². The fourth-order valence-electron chi connectivity index (χ4n) is 2.29. The Bertz CT molecular complexity index is 1000. The minimum absolute atomic E-state index is 0. The quantitative estimate of drug-likeness (QED) is 0.321. The number of carbonyl (C=O) groups is 2. The topological polar surface area (TPSA) is 96.6 Å². The summed E-state index contributed by atoms with van der Waals surface area (Å²) in [5.41, 5.74) is -0.467. The van der Waals surface area contributed by atoms with E-state index in [1.165, 1.54) is 37.4 Å². The first-order valence-corrected chi connectivity index (χ1v) is 6.97. The Morgan fingerprint density at radius 3 is 2.24 bits per heavy atom. The molecule has 0 spiro atoms. The van der Waals surface area contributed by atoms with E-state index < -0.39 is 17.4 Å². The molecule has 0 saturated heterocycles. The van der Waals surface area contributed by atoms with E-state index in [-0.39, 0.29) is 46.2 Å². The molecule has 0 saturated carbocycles. The maximum atomic E-state index is 12.5. The van der Waals surface area contributed by atoms with Crippen LogP contribution in [0.5, 0.6) is 5.75 Å². The number of benzene rings is 2. The molecule has 120 valence electrons. The van der Waals surface area contributed by atoms with Crippen molar-refractivity contribution in [1.82, 2.24) is 0 Å². The smallest absolute Gasteiger partial charge is 0.545 e. The Labute approximate surface area is 164 Å². The fourth-order valence-corrected chi connectivity index (χ4v) is 2.29. The molecule has 0 fully saturated rings. The Hall–Kier alpha value is -2.41. The molecule has 0 unspecified atom stereocenters. The average molecular weight is 346 g/mol. The van der Waals surface area contributed by atoms with Gasteiger partial charge < -0.3 is 19.1 Å². The van der Waals surface area contributed by atoms with E-state index in [0.29, 0.717) is 16.7 Å². The molecular formula is C18H11NaO6. The third-order valence-corrected chi connectivity index (χ3v) is 3.57. The van der Waals surface area contributed by atoms with Gasteiger partial charge in [0.1, 0.15) is 16.9 Å². The third-order valence-electron chi connectivity index (χ3n) is 3.57. The molecule has 0 radical (unpaired) electrons. The van der Waals surface area contributed by atoms with Crippen LogP contribution in [0.25, 0.3) is 11.0 Å². The van der Waals surface area contributed by atoms with Crippen molar-refractivity contribution in [3.05, 3.63) is 75.6 Å². The van der Waals surface area contributed by atoms with E-state index in [4.69, 9.17) is 9.15 Å². The molecule has 1 aromatic heterocycles. The Morgan fingerprint density at radius 1 is 1.00 bits per heavy atom. The second kappa shape index (κ2) is 7.65. The van der Waals surface area contributed by atoms with Gasteiger partial charge in [0.25, 0.3) is 0 Å². The van der Waals surface area contributed by atoms with E-state index >= 15 is 0 Å². The number of ether oxygens (including phenoxy) is 1. The number of aromatic carboxylic acids is 1. The summed E-state index contributed by atoms with van der Waals surface area (Å²) in [5, 5.41) is 11.3. The monoisotopic (exact) mass is 346 g/mol. The van der Waals surface area contributed by atoms with E-state index in [1.807, 2.05) is 0 Å². The van der Waals surface area contributed by atoms with Crippen molar-refractivity contribution in [2.24, 2.45) is 0 Å². The van der Waals surface area contributed by atoms with E-state index in [2.05, 4.69) is 0 Å². The fraction of sp³-hybridized carbons (Fsp3) is 0.0556. The summed E-state index contributed by atoms with van der Waals surface area (Å²) in [7, 11) is 1.49. The summed E-state index contributed by atoms with van der Waals surface area (Å²) < 4.78 is 10.2. The largest absolute Gasteiger partial charge is 1.00 e. The molecule has 2 aromatic carbocycles. The predicted molar refractivity (Wildman–Crippen MR) is 83.2 cm³/mol. The Morgan fingerprint density at radius 2 is 1.64 bits per heavy atom. The predicted octanol–water partition coefficient (Wildman–Crippen LogP) is -1.60. The molecule has 0 aliphatic rings. The second-order valence-electron chi connectivity index (χ2n) is 5.05. The van der Waals surface area contributed by atoms with E-state index in [0.717, 1.165) is 0 Å². The van der Waals surface area contributed by atoms with Gasteiger partial charge in [-0.05, 0) is 23.8 Å². The van der Waals surface area contributed by atoms with Crippen molar-refractivity contribution >= 4 is 22.7 Å². The molecule has 0 N–H and O–H groups in total. The number of fused-ring (bicyclic) bond motifs is 1. The minimum atomic E-state index is -1.34. The number of carboxylic acids is 1. The summed E-state index contributed by atoms with van der Waals surface area (Å²) in [4.78, 5) is 35.3. The zero-order valence-corrected chi connectivity index (χ0v) is 15.6. The van der Waals surface area contributed by atoms with Crippen LogP contribution in [0.4, 0.5) is 0 Å². The van der Waals surface area contributed by atoms with Crippen LogP contribution in [0.3, 0.4) is 0 Å². The van der Waals surface area contributed by atoms with Crippen LogP contribution in [0.1, 0.15) is 26.3 Å². The summed E-state index contributed by atoms with van der Waals surface area (Å²) >= 11 is 0. The molecule has 0 atom stereocenters. The van der Waals surface area contributed by atoms with Gasteiger partial charge in [-0.3, -0.25) is 4.79 Å². The zero-order valence-electron chi connectivity index (χ0n) is 13.6. The summed E-state index contributed by atoms with van der Waals surface area (Å²) in [6.45, 7) is 0. The van der Waals surface area contributed by atoms with Gasteiger partial charge in [-0.15, -0.1) is 0 Å². The van der Waals surface area contributed by atoms with Crippen molar-refractivity contribution in [3.8, 4) is 5.75 Å². The molecule has 0 amide bonds. The number of hydrogen-bond donors (Lipinski definition) is 0. The summed E-state index contributed by atoms with van der Waals surface area (Å²) in [6, 6.07) is 11.5. The maximum Gasteiger partial charge on any atom is 1.00 e. The van der Waals surface area contributed by atoms with Crippen LogP contribution in [0.15, 0.2) is 57.7 Å². The molecule has 25 heavy (non-hydrogen) atoms. The first-order chi connectivity index (χ1) is 11.5. The number of hydrogen-bond acceptors (Lipinski definition) is 6. The van der Waals surface area contributed by atoms with Gasteiger partial charge >= 0.3 is 35.2 Å². The Kier molecular flexibility index (Phi) is 5.79. The molecule has 3 aromatic rings. The molecule has 0 aliphatic carbocycles. The molecule has 3 rings (SSSR count). The number of carbonyl (C=O) groups excluding carboxylic acids is 2. The van der Waals surface area contributed by atoms with Crippen molar-refractivity contribution in [2.75, 3.05) is 7.11 Å². The van der Waals surface area contributed by atoms with Gasteiger partial charge in [0, 0.05) is 17.0 Å². The molecule has 1 heterocycles. The van der Waals surface area contributed by atoms with Crippen molar-refractivity contribution < 1.29 is 53.4 Å². The van der Waals surface area contributed by atoms with Gasteiger partial charge in [0.05, 0.1) is 13.1 Å². The van der Waals surface area contributed by atoms with Crippen molar-refractivity contribution in [2.45, 2.75) is 0 Å². The van der Waals surface area contributed by atoms with Gasteiger partial charge in [-0.2, -0.15) is 0 Å². The first kappa shape index (κ1) is 18.9. The first-order valence-electron chi connectivity index (χ1n) is 6.97. The van der Waals surface area contributed by atoms with E-state index in [9.17, 15) is 19.5 Å². The normalized spacial score (nSPS) is 10.1. The van der Waals surface area contributed by atoms with Crippen LogP contribution in [0, 0.1) is 0 Å². The van der Waals surface area contributed by atoms with Crippen molar-refractivity contribution in [3.63, 3.8) is 0 Å². The van der Waals surface area contributed by atoms with Crippen LogP contribution in [0.2, 0.25) is 0 Å². The van der Waals surface area contributed by atoms with Crippen molar-refractivity contribution in [1.29, 1.82) is 0 Å². The van der Waals surface area contributed by atoms with Gasteiger partial charge in [0.15, 0.2) is 5.78 Å². The number of ketones is 1. The maximum absolute atomic E-state index is 12.5. The number of carboxylic acid groups (broad SMARTS) is 1. The van der Waals surface area contributed by atoms with Crippen LogP contribution < -0.4 is 45.0 Å². The molecule has 6 nitrogen and oxygen atoms in total. The third kappa shape index (κ3) is 3.82. The van der Waals surface area contributed by atoms with Crippen LogP contribution in [-0.2, 0) is 0 Å². The average Bonchev–Trinajstić information content (AvgIpc) is 2.60. The number of rotatable bonds is 4. The van der Waals surface area contributed by atoms with Gasteiger partial charge in [-0.1, -0.05) is 24.3 Å². The summed E-state index contributed by atoms with van der Waals surface area (Å²) in [6.07, 6.45) is 0.